The average Bonchev–Trinajstić information content (AvgIpc) is 2.51. The van der Waals surface area contributed by atoms with E-state index in [1.165, 1.54) is 16.9 Å². The van der Waals surface area contributed by atoms with Crippen LogP contribution in [-0.2, 0) is 0 Å². The summed E-state index contributed by atoms with van der Waals surface area (Å²) in [5.41, 5.74) is 0.329. The molecule has 68 valence electrons. The molecule has 0 fully saturated rings. The van der Waals surface area contributed by atoms with Gasteiger partial charge in [-0.05, 0) is 13.0 Å². The van der Waals surface area contributed by atoms with Crippen molar-refractivity contribution in [3.63, 3.8) is 0 Å². The molecule has 0 saturated heterocycles. The van der Waals surface area contributed by atoms with E-state index in [1.807, 2.05) is 0 Å². The molecule has 0 spiro atoms. The zero-order chi connectivity index (χ0) is 9.42. The van der Waals surface area contributed by atoms with Crippen LogP contribution < -0.4 is 0 Å². The Morgan fingerprint density at radius 1 is 1.46 bits per heavy atom. The molecule has 0 aromatic carbocycles. The van der Waals surface area contributed by atoms with E-state index in [2.05, 4.69) is 15.1 Å². The highest BCUT2D eigenvalue weighted by Gasteiger charge is 2.12. The summed E-state index contributed by atoms with van der Waals surface area (Å²) in [7, 11) is 0. The quantitative estimate of drug-likeness (QED) is 0.672. The number of rotatable bonds is 1. The first-order valence-electron chi connectivity index (χ1n) is 3.64. The smallest absolute Gasteiger partial charge is 0.210 e. The van der Waals surface area contributed by atoms with Gasteiger partial charge < -0.3 is 0 Å². The normalized spacial score (nSPS) is 11.4. The van der Waals surface area contributed by atoms with Crippen molar-refractivity contribution in [1.29, 1.82) is 0 Å². The Morgan fingerprint density at radius 3 is 2.92 bits per heavy atom. The summed E-state index contributed by atoms with van der Waals surface area (Å²) in [5.74, 6) is 0.204. The summed E-state index contributed by atoms with van der Waals surface area (Å²) >= 11 is 0. The summed E-state index contributed by atoms with van der Waals surface area (Å²) in [6.45, 7) is 1.68. The van der Waals surface area contributed by atoms with Crippen molar-refractivity contribution < 1.29 is 8.78 Å². The Kier molecular flexibility index (Phi) is 1.68. The Hall–Kier alpha value is -1.59. The lowest BCUT2D eigenvalue weighted by Crippen LogP contribution is -2.00. The second kappa shape index (κ2) is 2.72. The van der Waals surface area contributed by atoms with Crippen molar-refractivity contribution >= 4 is 5.78 Å². The van der Waals surface area contributed by atoms with E-state index < -0.39 is 6.43 Å². The van der Waals surface area contributed by atoms with Gasteiger partial charge in [0.15, 0.2) is 0 Å². The molecule has 0 unspecified atom stereocenters. The highest BCUT2D eigenvalue weighted by molar-refractivity contribution is 5.29. The van der Waals surface area contributed by atoms with E-state index in [0.29, 0.717) is 5.69 Å². The minimum atomic E-state index is -2.57. The molecule has 0 aliphatic heterocycles. The van der Waals surface area contributed by atoms with Crippen LogP contribution in [0.4, 0.5) is 8.78 Å². The van der Waals surface area contributed by atoms with Crippen molar-refractivity contribution in [2.24, 2.45) is 0 Å². The van der Waals surface area contributed by atoms with Crippen LogP contribution >= 0.6 is 0 Å². The van der Waals surface area contributed by atoms with E-state index in [0.717, 1.165) is 0 Å². The average molecular weight is 184 g/mol. The van der Waals surface area contributed by atoms with Gasteiger partial charge in [0, 0.05) is 5.69 Å². The molecular formula is C7H6F2N4. The van der Waals surface area contributed by atoms with E-state index in [9.17, 15) is 8.78 Å². The summed E-state index contributed by atoms with van der Waals surface area (Å²) in [6.07, 6.45) is -1.29. The van der Waals surface area contributed by atoms with Crippen LogP contribution in [0.1, 0.15) is 17.8 Å². The molecule has 0 saturated carbocycles. The molecule has 2 aromatic rings. The highest BCUT2D eigenvalue weighted by atomic mass is 19.3. The first kappa shape index (κ1) is 8.03. The fourth-order valence-corrected chi connectivity index (χ4v) is 1.10. The molecule has 6 heteroatoms. The first-order valence-corrected chi connectivity index (χ1v) is 3.64. The van der Waals surface area contributed by atoms with Crippen molar-refractivity contribution in [2.45, 2.75) is 13.3 Å². The molecule has 0 N–H and O–H groups in total. The van der Waals surface area contributed by atoms with Gasteiger partial charge in [0.05, 0.1) is 0 Å². The third-order valence-electron chi connectivity index (χ3n) is 1.67. The van der Waals surface area contributed by atoms with Crippen LogP contribution in [0.3, 0.4) is 0 Å². The predicted octanol–water partition coefficient (Wildman–Crippen LogP) is 1.37. The van der Waals surface area contributed by atoms with Gasteiger partial charge in [-0.25, -0.2) is 18.3 Å². The van der Waals surface area contributed by atoms with Gasteiger partial charge >= 0.3 is 0 Å². The summed E-state index contributed by atoms with van der Waals surface area (Å²) in [6, 6.07) is 1.30. The zero-order valence-electron chi connectivity index (χ0n) is 6.78. The van der Waals surface area contributed by atoms with E-state index in [4.69, 9.17) is 0 Å². The number of hydrogen-bond acceptors (Lipinski definition) is 3. The Labute approximate surface area is 72.2 Å². The van der Waals surface area contributed by atoms with Crippen molar-refractivity contribution in [3.8, 4) is 0 Å². The standard InChI is InChI=1S/C7H6F2N4/c1-4-2-5(6(8)9)12-7-10-3-11-13(4)7/h2-3,6H,1H3. The van der Waals surface area contributed by atoms with Crippen LogP contribution in [0.25, 0.3) is 5.78 Å². The molecule has 0 atom stereocenters. The minimum Gasteiger partial charge on any atom is -0.210 e. The van der Waals surface area contributed by atoms with E-state index in [-0.39, 0.29) is 11.5 Å². The van der Waals surface area contributed by atoms with Crippen LogP contribution in [0.5, 0.6) is 0 Å². The van der Waals surface area contributed by atoms with Gasteiger partial charge in [0.1, 0.15) is 12.0 Å². The number of aryl methyl sites for hydroxylation is 1. The highest BCUT2D eigenvalue weighted by Crippen LogP contribution is 2.17. The lowest BCUT2D eigenvalue weighted by molar-refractivity contribution is 0.146. The zero-order valence-corrected chi connectivity index (χ0v) is 6.78. The second-order valence-corrected chi connectivity index (χ2v) is 2.59. The van der Waals surface area contributed by atoms with Gasteiger partial charge in [0.25, 0.3) is 12.2 Å². The number of nitrogens with zero attached hydrogens (tertiary/aromatic N) is 4. The molecular weight excluding hydrogens is 178 g/mol. The molecule has 0 amide bonds. The number of alkyl halides is 2. The number of aromatic nitrogens is 4. The Balaban J connectivity index is 2.70. The van der Waals surface area contributed by atoms with Gasteiger partial charge in [-0.1, -0.05) is 0 Å². The summed E-state index contributed by atoms with van der Waals surface area (Å²) in [4.78, 5) is 7.36. The van der Waals surface area contributed by atoms with E-state index in [1.54, 1.807) is 6.92 Å². The summed E-state index contributed by atoms with van der Waals surface area (Å²) < 4.78 is 25.9. The molecule has 2 aromatic heterocycles. The molecule has 0 aliphatic rings. The van der Waals surface area contributed by atoms with Gasteiger partial charge in [-0.15, -0.1) is 0 Å². The van der Waals surface area contributed by atoms with Crippen molar-refractivity contribution in [2.75, 3.05) is 0 Å². The maximum absolute atomic E-state index is 12.3. The topological polar surface area (TPSA) is 43.1 Å². The van der Waals surface area contributed by atoms with Gasteiger partial charge in [-0.3, -0.25) is 0 Å². The lowest BCUT2D eigenvalue weighted by atomic mass is 10.3. The number of halogens is 2. The van der Waals surface area contributed by atoms with E-state index >= 15 is 0 Å². The second-order valence-electron chi connectivity index (χ2n) is 2.59. The fourth-order valence-electron chi connectivity index (χ4n) is 1.10. The third kappa shape index (κ3) is 1.24. The maximum atomic E-state index is 12.3. The van der Waals surface area contributed by atoms with Crippen molar-refractivity contribution in [3.05, 3.63) is 23.8 Å². The molecule has 0 radical (unpaired) electrons. The van der Waals surface area contributed by atoms with Crippen molar-refractivity contribution in [1.82, 2.24) is 19.6 Å². The predicted molar refractivity (Wildman–Crippen MR) is 40.5 cm³/mol. The SMILES string of the molecule is Cc1cc(C(F)F)nc2ncnn12. The fraction of sp³-hybridized carbons (Fsp3) is 0.286. The summed E-state index contributed by atoms with van der Waals surface area (Å²) in [5, 5.41) is 3.82. The van der Waals surface area contributed by atoms with Crippen LogP contribution in [0, 0.1) is 6.92 Å². The first-order chi connectivity index (χ1) is 6.18. The number of fused-ring (bicyclic) bond motifs is 1. The Morgan fingerprint density at radius 2 is 2.23 bits per heavy atom. The van der Waals surface area contributed by atoms with Gasteiger partial charge in [-0.2, -0.15) is 10.1 Å². The minimum absolute atomic E-state index is 0.204. The molecule has 4 nitrogen and oxygen atoms in total. The maximum Gasteiger partial charge on any atom is 0.280 e. The van der Waals surface area contributed by atoms with Crippen LogP contribution in [0.2, 0.25) is 0 Å². The van der Waals surface area contributed by atoms with Crippen LogP contribution in [-0.4, -0.2) is 19.6 Å². The molecule has 2 rings (SSSR count). The largest absolute Gasteiger partial charge is 0.280 e. The third-order valence-corrected chi connectivity index (χ3v) is 1.67. The molecule has 13 heavy (non-hydrogen) atoms. The number of hydrogen-bond donors (Lipinski definition) is 0. The van der Waals surface area contributed by atoms with Crippen LogP contribution in [0.15, 0.2) is 12.4 Å². The molecule has 0 aliphatic carbocycles. The Bertz CT molecular complexity index is 437. The van der Waals surface area contributed by atoms with Gasteiger partial charge in [0.2, 0.25) is 0 Å². The molecule has 0 bridgehead atoms. The monoisotopic (exact) mass is 184 g/mol. The molecule has 2 heterocycles. The lowest BCUT2D eigenvalue weighted by Gasteiger charge is -2.01.